The van der Waals surface area contributed by atoms with Crippen molar-refractivity contribution in [3.63, 3.8) is 0 Å². The maximum absolute atomic E-state index is 9.12. The van der Waals surface area contributed by atoms with Crippen molar-refractivity contribution in [3.05, 3.63) is 29.8 Å². The Balaban J connectivity index is 3.04. The number of methoxy groups -OCH3 is 1. The fourth-order valence-corrected chi connectivity index (χ4v) is 1.78. The Labute approximate surface area is 96.8 Å². The van der Waals surface area contributed by atoms with Crippen LogP contribution < -0.4 is 10.5 Å². The zero-order valence-electron chi connectivity index (χ0n) is 9.97. The first kappa shape index (κ1) is 12.5. The molecule has 16 heavy (non-hydrogen) atoms. The van der Waals surface area contributed by atoms with Gasteiger partial charge in [-0.15, -0.1) is 0 Å². The summed E-state index contributed by atoms with van der Waals surface area (Å²) in [6.07, 6.45) is 0. The van der Waals surface area contributed by atoms with Crippen molar-refractivity contribution in [2.24, 2.45) is 17.6 Å². The molecule has 2 atom stereocenters. The monoisotopic (exact) mass is 218 g/mol. The summed E-state index contributed by atoms with van der Waals surface area (Å²) in [4.78, 5) is 0. The summed E-state index contributed by atoms with van der Waals surface area (Å²) in [7, 11) is 1.61. The normalized spacial score (nSPS) is 14.2. The molecule has 0 heterocycles. The number of hydrogen-bond acceptors (Lipinski definition) is 3. The van der Waals surface area contributed by atoms with Gasteiger partial charge in [0.25, 0.3) is 0 Å². The van der Waals surface area contributed by atoms with Gasteiger partial charge in [-0.3, -0.25) is 0 Å². The number of nitrogens with two attached hydrogens (primary N) is 1. The Morgan fingerprint density at radius 2 is 1.94 bits per heavy atom. The van der Waals surface area contributed by atoms with E-state index in [0.717, 1.165) is 11.3 Å². The molecule has 0 fully saturated rings. The molecule has 2 unspecified atom stereocenters. The lowest BCUT2D eigenvalue weighted by molar-refractivity contribution is 0.372. The van der Waals surface area contributed by atoms with E-state index in [1.54, 1.807) is 7.11 Å². The molecule has 0 saturated carbocycles. The van der Waals surface area contributed by atoms with E-state index in [2.05, 4.69) is 6.07 Å². The predicted molar refractivity (Wildman–Crippen MR) is 63.9 cm³/mol. The van der Waals surface area contributed by atoms with Crippen LogP contribution in [0.25, 0.3) is 0 Å². The molecule has 0 aromatic heterocycles. The number of benzene rings is 1. The van der Waals surface area contributed by atoms with Gasteiger partial charge in [0.05, 0.1) is 19.1 Å². The van der Waals surface area contributed by atoms with Crippen LogP contribution in [-0.2, 0) is 0 Å². The van der Waals surface area contributed by atoms with Crippen LogP contribution in [-0.4, -0.2) is 7.11 Å². The Morgan fingerprint density at radius 3 is 2.44 bits per heavy atom. The van der Waals surface area contributed by atoms with Gasteiger partial charge in [0, 0.05) is 11.6 Å². The minimum absolute atomic E-state index is 0.198. The van der Waals surface area contributed by atoms with Crippen LogP contribution in [0.1, 0.15) is 25.5 Å². The SMILES string of the molecule is COc1ccccc1C(N)C(C#N)C(C)C. The molecular formula is C13H18N2O. The molecule has 0 saturated heterocycles. The molecule has 1 aromatic rings. The summed E-state index contributed by atoms with van der Waals surface area (Å²) in [6.45, 7) is 4.01. The molecule has 0 radical (unpaired) electrons. The third kappa shape index (κ3) is 2.53. The number of rotatable bonds is 4. The first-order valence-electron chi connectivity index (χ1n) is 5.40. The van der Waals surface area contributed by atoms with Crippen molar-refractivity contribution in [2.75, 3.05) is 7.11 Å². The lowest BCUT2D eigenvalue weighted by atomic mass is 9.86. The van der Waals surface area contributed by atoms with Crippen LogP contribution >= 0.6 is 0 Å². The first-order chi connectivity index (χ1) is 7.61. The number of para-hydroxylation sites is 1. The molecule has 86 valence electrons. The van der Waals surface area contributed by atoms with Gasteiger partial charge < -0.3 is 10.5 Å². The summed E-state index contributed by atoms with van der Waals surface area (Å²) in [5, 5.41) is 9.12. The maximum atomic E-state index is 9.12. The maximum Gasteiger partial charge on any atom is 0.123 e. The topological polar surface area (TPSA) is 59.0 Å². The average molecular weight is 218 g/mol. The molecule has 1 aromatic carbocycles. The lowest BCUT2D eigenvalue weighted by Gasteiger charge is -2.22. The van der Waals surface area contributed by atoms with E-state index >= 15 is 0 Å². The van der Waals surface area contributed by atoms with Gasteiger partial charge in [0.15, 0.2) is 0 Å². The molecule has 3 nitrogen and oxygen atoms in total. The molecule has 0 amide bonds. The molecule has 2 N–H and O–H groups in total. The molecular weight excluding hydrogens is 200 g/mol. The number of nitriles is 1. The lowest BCUT2D eigenvalue weighted by Crippen LogP contribution is -2.24. The predicted octanol–water partition coefficient (Wildman–Crippen LogP) is 2.49. The van der Waals surface area contributed by atoms with Gasteiger partial charge in [-0.25, -0.2) is 0 Å². The summed E-state index contributed by atoms with van der Waals surface area (Å²) in [6, 6.07) is 9.55. The van der Waals surface area contributed by atoms with E-state index in [1.165, 1.54) is 0 Å². The quantitative estimate of drug-likeness (QED) is 0.844. The van der Waals surface area contributed by atoms with Crippen molar-refractivity contribution in [2.45, 2.75) is 19.9 Å². The van der Waals surface area contributed by atoms with Crippen molar-refractivity contribution in [3.8, 4) is 11.8 Å². The van der Waals surface area contributed by atoms with Gasteiger partial charge in [0.1, 0.15) is 5.75 Å². The largest absolute Gasteiger partial charge is 0.496 e. The van der Waals surface area contributed by atoms with E-state index in [9.17, 15) is 0 Å². The Morgan fingerprint density at radius 1 is 1.31 bits per heavy atom. The van der Waals surface area contributed by atoms with Crippen LogP contribution in [0.5, 0.6) is 5.75 Å². The number of ether oxygens (including phenoxy) is 1. The Kier molecular flexibility index (Phi) is 4.33. The minimum Gasteiger partial charge on any atom is -0.496 e. The van der Waals surface area contributed by atoms with E-state index in [1.807, 2.05) is 38.1 Å². The fraction of sp³-hybridized carbons (Fsp3) is 0.462. The molecule has 0 spiro atoms. The summed E-state index contributed by atoms with van der Waals surface area (Å²) in [5.74, 6) is 0.775. The Hall–Kier alpha value is -1.53. The van der Waals surface area contributed by atoms with Gasteiger partial charge in [-0.05, 0) is 12.0 Å². The number of nitrogens with zero attached hydrogens (tertiary/aromatic N) is 1. The van der Waals surface area contributed by atoms with E-state index in [-0.39, 0.29) is 17.9 Å². The standard InChI is InChI=1S/C13H18N2O/c1-9(2)11(8-14)13(15)10-6-4-5-7-12(10)16-3/h4-7,9,11,13H,15H2,1-3H3. The second-order valence-electron chi connectivity index (χ2n) is 4.17. The minimum atomic E-state index is -0.304. The molecule has 0 aliphatic heterocycles. The van der Waals surface area contributed by atoms with Crippen LogP contribution in [0.15, 0.2) is 24.3 Å². The fourth-order valence-electron chi connectivity index (χ4n) is 1.78. The van der Waals surface area contributed by atoms with Crippen LogP contribution in [0.2, 0.25) is 0 Å². The average Bonchev–Trinajstić information content (AvgIpc) is 2.29. The highest BCUT2D eigenvalue weighted by Crippen LogP contribution is 2.31. The highest BCUT2D eigenvalue weighted by atomic mass is 16.5. The molecule has 0 bridgehead atoms. The zero-order chi connectivity index (χ0) is 12.1. The third-order valence-corrected chi connectivity index (χ3v) is 2.75. The van der Waals surface area contributed by atoms with Crippen LogP contribution in [0, 0.1) is 23.2 Å². The molecule has 0 aliphatic rings. The van der Waals surface area contributed by atoms with Crippen molar-refractivity contribution in [1.82, 2.24) is 0 Å². The molecule has 1 rings (SSSR count). The highest BCUT2D eigenvalue weighted by Gasteiger charge is 2.24. The number of hydrogen-bond donors (Lipinski definition) is 1. The Bertz CT molecular complexity index is 382. The van der Waals surface area contributed by atoms with E-state index < -0.39 is 0 Å². The van der Waals surface area contributed by atoms with Gasteiger partial charge in [-0.2, -0.15) is 5.26 Å². The van der Waals surface area contributed by atoms with Gasteiger partial charge in [-0.1, -0.05) is 32.0 Å². The summed E-state index contributed by atoms with van der Waals surface area (Å²) in [5.41, 5.74) is 7.02. The summed E-state index contributed by atoms with van der Waals surface area (Å²) < 4.78 is 5.25. The van der Waals surface area contributed by atoms with Gasteiger partial charge in [0.2, 0.25) is 0 Å². The summed E-state index contributed by atoms with van der Waals surface area (Å²) >= 11 is 0. The van der Waals surface area contributed by atoms with Gasteiger partial charge >= 0.3 is 0 Å². The third-order valence-electron chi connectivity index (χ3n) is 2.75. The zero-order valence-corrected chi connectivity index (χ0v) is 9.97. The van der Waals surface area contributed by atoms with Crippen LogP contribution in [0.3, 0.4) is 0 Å². The van der Waals surface area contributed by atoms with E-state index in [0.29, 0.717) is 0 Å². The van der Waals surface area contributed by atoms with E-state index in [4.69, 9.17) is 15.7 Å². The van der Waals surface area contributed by atoms with Crippen LogP contribution in [0.4, 0.5) is 0 Å². The second kappa shape index (κ2) is 5.53. The van der Waals surface area contributed by atoms with Crippen molar-refractivity contribution in [1.29, 1.82) is 5.26 Å². The molecule has 0 aliphatic carbocycles. The van der Waals surface area contributed by atoms with Crippen molar-refractivity contribution >= 4 is 0 Å². The smallest absolute Gasteiger partial charge is 0.123 e. The van der Waals surface area contributed by atoms with Crippen molar-refractivity contribution < 1.29 is 4.74 Å². The highest BCUT2D eigenvalue weighted by molar-refractivity contribution is 5.36. The first-order valence-corrected chi connectivity index (χ1v) is 5.40. The molecule has 3 heteroatoms. The second-order valence-corrected chi connectivity index (χ2v) is 4.17.